The zero-order chi connectivity index (χ0) is 13.4. The number of thiophene rings is 1. The standard InChI is InChI=1S/C11H14ClNO3S2/c1-16-11(15)4-5-13-10(14)7-17-6-8-2-3-9(12)18-8/h2-3H,4-7H2,1H3,(H,13,14). The minimum atomic E-state index is -0.323. The van der Waals surface area contributed by atoms with E-state index in [0.717, 1.165) is 15.0 Å². The van der Waals surface area contributed by atoms with E-state index in [2.05, 4.69) is 10.1 Å². The summed E-state index contributed by atoms with van der Waals surface area (Å²) in [5.74, 6) is 0.737. The summed E-state index contributed by atoms with van der Waals surface area (Å²) in [5.41, 5.74) is 0. The second-order valence-electron chi connectivity index (χ2n) is 3.37. The van der Waals surface area contributed by atoms with E-state index in [1.807, 2.05) is 12.1 Å². The maximum absolute atomic E-state index is 11.4. The topological polar surface area (TPSA) is 55.4 Å². The van der Waals surface area contributed by atoms with E-state index in [1.54, 1.807) is 0 Å². The van der Waals surface area contributed by atoms with Gasteiger partial charge in [-0.15, -0.1) is 23.1 Å². The molecule has 0 saturated carbocycles. The second kappa shape index (κ2) is 8.39. The van der Waals surface area contributed by atoms with Gasteiger partial charge in [-0.2, -0.15) is 0 Å². The maximum atomic E-state index is 11.4. The number of hydrogen-bond acceptors (Lipinski definition) is 5. The molecule has 0 aliphatic rings. The van der Waals surface area contributed by atoms with Gasteiger partial charge in [-0.3, -0.25) is 9.59 Å². The number of rotatable bonds is 7. The van der Waals surface area contributed by atoms with Gasteiger partial charge in [0.2, 0.25) is 5.91 Å². The molecule has 1 heterocycles. The molecule has 1 N–H and O–H groups in total. The zero-order valence-electron chi connectivity index (χ0n) is 9.90. The smallest absolute Gasteiger partial charge is 0.307 e. The fourth-order valence-corrected chi connectivity index (χ4v) is 3.19. The van der Waals surface area contributed by atoms with Crippen molar-refractivity contribution in [1.82, 2.24) is 5.32 Å². The number of methoxy groups -OCH3 is 1. The van der Waals surface area contributed by atoms with Gasteiger partial charge in [0.15, 0.2) is 0 Å². The van der Waals surface area contributed by atoms with Crippen LogP contribution in [0.25, 0.3) is 0 Å². The van der Waals surface area contributed by atoms with Gasteiger partial charge < -0.3 is 10.1 Å². The minimum Gasteiger partial charge on any atom is -0.469 e. The molecule has 18 heavy (non-hydrogen) atoms. The van der Waals surface area contributed by atoms with Crippen LogP contribution in [0.2, 0.25) is 4.34 Å². The summed E-state index contributed by atoms with van der Waals surface area (Å²) < 4.78 is 5.22. The molecule has 0 fully saturated rings. The van der Waals surface area contributed by atoms with Gasteiger partial charge in [0.25, 0.3) is 0 Å². The number of ether oxygens (including phenoxy) is 1. The maximum Gasteiger partial charge on any atom is 0.307 e. The van der Waals surface area contributed by atoms with Crippen LogP contribution in [0.3, 0.4) is 0 Å². The fraction of sp³-hybridized carbons (Fsp3) is 0.455. The first-order valence-electron chi connectivity index (χ1n) is 5.27. The van der Waals surface area contributed by atoms with E-state index in [9.17, 15) is 9.59 Å². The molecule has 0 radical (unpaired) electrons. The Kier molecular flexibility index (Phi) is 7.15. The Morgan fingerprint density at radius 2 is 2.28 bits per heavy atom. The first-order valence-corrected chi connectivity index (χ1v) is 7.62. The highest BCUT2D eigenvalue weighted by Gasteiger charge is 2.05. The van der Waals surface area contributed by atoms with E-state index in [0.29, 0.717) is 12.3 Å². The van der Waals surface area contributed by atoms with Crippen molar-refractivity contribution < 1.29 is 14.3 Å². The Morgan fingerprint density at radius 3 is 2.89 bits per heavy atom. The van der Waals surface area contributed by atoms with Crippen molar-refractivity contribution >= 4 is 46.6 Å². The molecular weight excluding hydrogens is 294 g/mol. The fourth-order valence-electron chi connectivity index (χ4n) is 1.13. The number of carbonyl (C=O) groups excluding carboxylic acids is 2. The van der Waals surface area contributed by atoms with Crippen LogP contribution in [0.5, 0.6) is 0 Å². The Morgan fingerprint density at radius 1 is 1.50 bits per heavy atom. The lowest BCUT2D eigenvalue weighted by Crippen LogP contribution is -2.27. The minimum absolute atomic E-state index is 0.0773. The summed E-state index contributed by atoms with van der Waals surface area (Å²) in [6, 6.07) is 3.80. The molecule has 0 aromatic carbocycles. The van der Waals surface area contributed by atoms with Crippen molar-refractivity contribution in [2.24, 2.45) is 0 Å². The quantitative estimate of drug-likeness (QED) is 0.785. The van der Waals surface area contributed by atoms with Gasteiger partial charge in [0.05, 0.1) is 23.6 Å². The van der Waals surface area contributed by atoms with Crippen molar-refractivity contribution in [3.63, 3.8) is 0 Å². The van der Waals surface area contributed by atoms with Gasteiger partial charge in [-0.05, 0) is 12.1 Å². The monoisotopic (exact) mass is 307 g/mol. The summed E-state index contributed by atoms with van der Waals surface area (Å²) in [6.07, 6.45) is 0.202. The number of hydrogen-bond donors (Lipinski definition) is 1. The van der Waals surface area contributed by atoms with Crippen LogP contribution in [0.1, 0.15) is 11.3 Å². The molecule has 0 unspecified atom stereocenters. The summed E-state index contributed by atoms with van der Waals surface area (Å²) >= 11 is 8.83. The SMILES string of the molecule is COC(=O)CCNC(=O)CSCc1ccc(Cl)s1. The molecular formula is C11H14ClNO3S2. The Balaban J connectivity index is 2.08. The van der Waals surface area contributed by atoms with E-state index in [-0.39, 0.29) is 18.3 Å². The number of thioether (sulfide) groups is 1. The lowest BCUT2D eigenvalue weighted by molar-refractivity contribution is -0.140. The predicted octanol–water partition coefficient (Wildman–Crippen LogP) is 2.31. The summed E-state index contributed by atoms with van der Waals surface area (Å²) in [5, 5.41) is 2.66. The van der Waals surface area contributed by atoms with Crippen molar-refractivity contribution in [3.05, 3.63) is 21.3 Å². The molecule has 7 heteroatoms. The Hall–Kier alpha value is -0.720. The molecule has 0 aliphatic heterocycles. The summed E-state index contributed by atoms with van der Waals surface area (Å²) in [4.78, 5) is 23.4. The van der Waals surface area contributed by atoms with Crippen LogP contribution in [-0.4, -0.2) is 31.3 Å². The average molecular weight is 308 g/mol. The number of carbonyl (C=O) groups is 2. The van der Waals surface area contributed by atoms with E-state index < -0.39 is 0 Å². The molecule has 1 rings (SSSR count). The third kappa shape index (κ3) is 6.28. The van der Waals surface area contributed by atoms with E-state index in [4.69, 9.17) is 11.6 Å². The number of nitrogens with one attached hydrogen (secondary N) is 1. The van der Waals surface area contributed by atoms with Crippen LogP contribution in [0.15, 0.2) is 12.1 Å². The van der Waals surface area contributed by atoms with Crippen LogP contribution >= 0.6 is 34.7 Å². The normalized spacial score (nSPS) is 10.1. The molecule has 0 atom stereocenters. The van der Waals surface area contributed by atoms with Crippen molar-refractivity contribution in [3.8, 4) is 0 Å². The molecule has 0 saturated heterocycles. The lowest BCUT2D eigenvalue weighted by atomic mass is 10.4. The van der Waals surface area contributed by atoms with Crippen molar-refractivity contribution in [2.45, 2.75) is 12.2 Å². The van der Waals surface area contributed by atoms with Gasteiger partial charge >= 0.3 is 5.97 Å². The summed E-state index contributed by atoms with van der Waals surface area (Å²) in [6.45, 7) is 0.316. The van der Waals surface area contributed by atoms with Gasteiger partial charge in [-0.25, -0.2) is 0 Å². The Labute approximate surface area is 119 Å². The van der Waals surface area contributed by atoms with Crippen LogP contribution in [0.4, 0.5) is 0 Å². The largest absolute Gasteiger partial charge is 0.469 e. The van der Waals surface area contributed by atoms with E-state index >= 15 is 0 Å². The number of amides is 1. The molecule has 100 valence electrons. The van der Waals surface area contributed by atoms with Crippen molar-refractivity contribution in [2.75, 3.05) is 19.4 Å². The van der Waals surface area contributed by atoms with Gasteiger partial charge in [-0.1, -0.05) is 11.6 Å². The summed E-state index contributed by atoms with van der Waals surface area (Å²) in [7, 11) is 1.33. The average Bonchev–Trinajstić information content (AvgIpc) is 2.75. The first-order chi connectivity index (χ1) is 8.61. The molecule has 0 aliphatic carbocycles. The lowest BCUT2D eigenvalue weighted by Gasteiger charge is -2.03. The first kappa shape index (κ1) is 15.3. The third-order valence-electron chi connectivity index (χ3n) is 1.99. The molecule has 0 bridgehead atoms. The van der Waals surface area contributed by atoms with Crippen LogP contribution < -0.4 is 5.32 Å². The molecule has 1 amide bonds. The van der Waals surface area contributed by atoms with Crippen LogP contribution in [0, 0.1) is 0 Å². The number of esters is 1. The zero-order valence-corrected chi connectivity index (χ0v) is 12.3. The van der Waals surface area contributed by atoms with Crippen molar-refractivity contribution in [1.29, 1.82) is 0 Å². The highest BCUT2D eigenvalue weighted by atomic mass is 35.5. The molecule has 0 spiro atoms. The van der Waals surface area contributed by atoms with E-state index in [1.165, 1.54) is 30.2 Å². The predicted molar refractivity (Wildman–Crippen MR) is 75.1 cm³/mol. The molecule has 1 aromatic heterocycles. The highest BCUT2D eigenvalue weighted by Crippen LogP contribution is 2.24. The highest BCUT2D eigenvalue weighted by molar-refractivity contribution is 7.99. The van der Waals surface area contributed by atoms with Gasteiger partial charge in [0, 0.05) is 17.2 Å². The van der Waals surface area contributed by atoms with Crippen LogP contribution in [-0.2, 0) is 20.1 Å². The number of halogens is 1. The molecule has 1 aromatic rings. The molecule has 4 nitrogen and oxygen atoms in total. The van der Waals surface area contributed by atoms with Gasteiger partial charge in [0.1, 0.15) is 0 Å². The third-order valence-corrected chi connectivity index (χ3v) is 4.38. The second-order valence-corrected chi connectivity index (χ2v) is 6.16. The Bertz CT molecular complexity index is 409.